The molecule has 1 atom stereocenters. The van der Waals surface area contributed by atoms with Gasteiger partial charge in [0, 0.05) is 5.69 Å². The van der Waals surface area contributed by atoms with E-state index in [4.69, 9.17) is 10.5 Å². The zero-order valence-electron chi connectivity index (χ0n) is 9.70. The maximum absolute atomic E-state index is 5.76. The molecule has 84 valence electrons. The van der Waals surface area contributed by atoms with E-state index in [1.54, 1.807) is 0 Å². The number of hydrogen-bond acceptors (Lipinski definition) is 2. The zero-order chi connectivity index (χ0) is 11.1. The van der Waals surface area contributed by atoms with Crippen LogP contribution in [-0.2, 0) is 0 Å². The molecule has 2 nitrogen and oxygen atoms in total. The smallest absolute Gasteiger partial charge is 0.119 e. The van der Waals surface area contributed by atoms with Crippen LogP contribution in [0.25, 0.3) is 0 Å². The molecule has 0 heterocycles. The van der Waals surface area contributed by atoms with Gasteiger partial charge in [-0.3, -0.25) is 0 Å². The molecule has 0 radical (unpaired) electrons. The molecule has 0 aliphatic heterocycles. The van der Waals surface area contributed by atoms with Gasteiger partial charge in [0.15, 0.2) is 0 Å². The van der Waals surface area contributed by atoms with Gasteiger partial charge < -0.3 is 10.5 Å². The van der Waals surface area contributed by atoms with Crippen LogP contribution in [0, 0.1) is 0 Å². The van der Waals surface area contributed by atoms with Gasteiger partial charge in [0.25, 0.3) is 0 Å². The molecule has 15 heavy (non-hydrogen) atoms. The number of anilines is 1. The van der Waals surface area contributed by atoms with Gasteiger partial charge in [-0.25, -0.2) is 0 Å². The lowest BCUT2D eigenvalue weighted by molar-refractivity contribution is 0.206. The Morgan fingerprint density at radius 2 is 1.87 bits per heavy atom. The van der Waals surface area contributed by atoms with Gasteiger partial charge in [0.1, 0.15) is 5.75 Å². The van der Waals surface area contributed by atoms with E-state index in [1.807, 2.05) is 24.3 Å². The Morgan fingerprint density at radius 3 is 2.47 bits per heavy atom. The number of hydrogen-bond donors (Lipinski definition) is 1. The monoisotopic (exact) mass is 207 g/mol. The molecular weight excluding hydrogens is 186 g/mol. The number of unbranched alkanes of at least 4 members (excludes halogenated alkanes) is 2. The van der Waals surface area contributed by atoms with Gasteiger partial charge in [0.05, 0.1) is 6.10 Å². The fourth-order valence-corrected chi connectivity index (χ4v) is 1.52. The molecule has 1 rings (SSSR count). The highest BCUT2D eigenvalue weighted by Crippen LogP contribution is 2.16. The fraction of sp³-hybridized carbons (Fsp3) is 0.538. The molecule has 0 aliphatic carbocycles. The van der Waals surface area contributed by atoms with Crippen molar-refractivity contribution >= 4 is 5.69 Å². The van der Waals surface area contributed by atoms with Gasteiger partial charge >= 0.3 is 0 Å². The molecule has 0 bridgehead atoms. The fourth-order valence-electron chi connectivity index (χ4n) is 1.52. The summed E-state index contributed by atoms with van der Waals surface area (Å²) in [6.07, 6.45) is 5.20. The summed E-state index contributed by atoms with van der Waals surface area (Å²) in [4.78, 5) is 0. The lowest BCUT2D eigenvalue weighted by Gasteiger charge is -2.14. The lowest BCUT2D eigenvalue weighted by Crippen LogP contribution is -2.11. The minimum Gasteiger partial charge on any atom is -0.491 e. The highest BCUT2D eigenvalue weighted by atomic mass is 16.5. The topological polar surface area (TPSA) is 35.2 Å². The Kier molecular flexibility index (Phi) is 5.02. The average Bonchev–Trinajstić information content (AvgIpc) is 2.22. The second-order valence-electron chi connectivity index (χ2n) is 3.99. The molecule has 0 unspecified atom stereocenters. The van der Waals surface area contributed by atoms with Crippen molar-refractivity contribution in [3.63, 3.8) is 0 Å². The van der Waals surface area contributed by atoms with Crippen molar-refractivity contribution in [2.24, 2.45) is 0 Å². The molecule has 2 heteroatoms. The Morgan fingerprint density at radius 1 is 1.20 bits per heavy atom. The number of ether oxygens (including phenoxy) is 1. The summed E-state index contributed by atoms with van der Waals surface area (Å²) in [6, 6.07) is 7.58. The molecule has 0 aliphatic rings. The van der Waals surface area contributed by atoms with E-state index >= 15 is 0 Å². The molecule has 0 fully saturated rings. The number of nitrogens with two attached hydrogens (primary N) is 1. The van der Waals surface area contributed by atoms with Crippen LogP contribution in [-0.4, -0.2) is 6.10 Å². The first-order valence-electron chi connectivity index (χ1n) is 5.74. The van der Waals surface area contributed by atoms with Crippen LogP contribution in [0.2, 0.25) is 0 Å². The van der Waals surface area contributed by atoms with Crippen LogP contribution in [0.15, 0.2) is 24.3 Å². The van der Waals surface area contributed by atoms with Crippen LogP contribution in [0.3, 0.4) is 0 Å². The first kappa shape index (κ1) is 11.9. The van der Waals surface area contributed by atoms with Crippen molar-refractivity contribution in [2.45, 2.75) is 45.6 Å². The summed E-state index contributed by atoms with van der Waals surface area (Å²) in [5.74, 6) is 0.910. The molecular formula is C13H21NO. The number of benzene rings is 1. The molecule has 1 aromatic carbocycles. The molecule has 0 aromatic heterocycles. The summed E-state index contributed by atoms with van der Waals surface area (Å²) >= 11 is 0. The molecule has 1 aromatic rings. The van der Waals surface area contributed by atoms with E-state index in [9.17, 15) is 0 Å². The maximum atomic E-state index is 5.76. The zero-order valence-corrected chi connectivity index (χ0v) is 9.70. The summed E-state index contributed by atoms with van der Waals surface area (Å²) in [7, 11) is 0. The van der Waals surface area contributed by atoms with E-state index in [-0.39, 0.29) is 0 Å². The molecule has 0 saturated carbocycles. The summed E-state index contributed by atoms with van der Waals surface area (Å²) in [5.41, 5.74) is 6.38. The van der Waals surface area contributed by atoms with Gasteiger partial charge in [-0.1, -0.05) is 19.8 Å². The third-order valence-corrected chi connectivity index (χ3v) is 2.43. The summed E-state index contributed by atoms with van der Waals surface area (Å²) in [6.45, 7) is 4.33. The predicted molar refractivity (Wildman–Crippen MR) is 65.1 cm³/mol. The van der Waals surface area contributed by atoms with Gasteiger partial charge in [-0.05, 0) is 44.0 Å². The van der Waals surface area contributed by atoms with Crippen molar-refractivity contribution in [1.82, 2.24) is 0 Å². The lowest BCUT2D eigenvalue weighted by atomic mass is 10.1. The third-order valence-electron chi connectivity index (χ3n) is 2.43. The van der Waals surface area contributed by atoms with Crippen LogP contribution < -0.4 is 10.5 Å². The number of nitrogen functional groups attached to an aromatic ring is 1. The van der Waals surface area contributed by atoms with Crippen molar-refractivity contribution in [1.29, 1.82) is 0 Å². The quantitative estimate of drug-likeness (QED) is 0.571. The van der Waals surface area contributed by atoms with Gasteiger partial charge in [0.2, 0.25) is 0 Å². The first-order valence-corrected chi connectivity index (χ1v) is 5.74. The minimum atomic E-state index is 0.292. The Bertz CT molecular complexity index is 268. The Balaban J connectivity index is 2.31. The third kappa shape index (κ3) is 4.73. The van der Waals surface area contributed by atoms with Crippen molar-refractivity contribution in [3.05, 3.63) is 24.3 Å². The molecule has 0 spiro atoms. The second kappa shape index (κ2) is 6.33. The number of rotatable bonds is 6. The molecule has 0 saturated heterocycles. The van der Waals surface area contributed by atoms with Crippen molar-refractivity contribution < 1.29 is 4.74 Å². The normalized spacial score (nSPS) is 12.4. The largest absolute Gasteiger partial charge is 0.491 e. The second-order valence-corrected chi connectivity index (χ2v) is 3.99. The molecule has 0 amide bonds. The average molecular weight is 207 g/mol. The van der Waals surface area contributed by atoms with E-state index in [0.717, 1.165) is 17.9 Å². The summed E-state index contributed by atoms with van der Waals surface area (Å²) in [5, 5.41) is 0. The predicted octanol–water partition coefficient (Wildman–Crippen LogP) is 3.62. The standard InChI is InChI=1S/C13H21NO/c1-3-4-5-6-11(2)15-13-9-7-12(14)8-10-13/h7-11H,3-6,14H2,1-2H3/t11-/m0/s1. The SMILES string of the molecule is CCCCC[C@H](C)Oc1ccc(N)cc1. The van der Waals surface area contributed by atoms with Crippen LogP contribution >= 0.6 is 0 Å². The first-order chi connectivity index (χ1) is 7.22. The highest BCUT2D eigenvalue weighted by molar-refractivity contribution is 5.41. The van der Waals surface area contributed by atoms with Crippen LogP contribution in [0.1, 0.15) is 39.5 Å². The Hall–Kier alpha value is -1.18. The van der Waals surface area contributed by atoms with E-state index in [1.165, 1.54) is 19.3 Å². The Labute approximate surface area is 92.4 Å². The minimum absolute atomic E-state index is 0.292. The van der Waals surface area contributed by atoms with Gasteiger partial charge in [-0.2, -0.15) is 0 Å². The highest BCUT2D eigenvalue weighted by Gasteiger charge is 2.02. The molecule has 2 N–H and O–H groups in total. The van der Waals surface area contributed by atoms with E-state index in [0.29, 0.717) is 6.10 Å². The van der Waals surface area contributed by atoms with E-state index in [2.05, 4.69) is 13.8 Å². The van der Waals surface area contributed by atoms with Crippen molar-refractivity contribution in [2.75, 3.05) is 5.73 Å². The summed E-state index contributed by atoms with van der Waals surface area (Å²) < 4.78 is 5.76. The van der Waals surface area contributed by atoms with Gasteiger partial charge in [-0.15, -0.1) is 0 Å². The van der Waals surface area contributed by atoms with E-state index < -0.39 is 0 Å². The van der Waals surface area contributed by atoms with Crippen molar-refractivity contribution in [3.8, 4) is 5.75 Å². The van der Waals surface area contributed by atoms with Crippen LogP contribution in [0.5, 0.6) is 5.75 Å². The maximum Gasteiger partial charge on any atom is 0.119 e. The van der Waals surface area contributed by atoms with Crippen LogP contribution in [0.4, 0.5) is 5.69 Å².